The third-order valence-corrected chi connectivity index (χ3v) is 3.90. The topological polar surface area (TPSA) is 34.2 Å². The molecule has 0 aliphatic rings. The minimum absolute atomic E-state index is 0.202. The van der Waals surface area contributed by atoms with Gasteiger partial charge in [-0.15, -0.1) is 11.3 Å². The number of aromatic nitrogens is 1. The average molecular weight is 290 g/mol. The Labute approximate surface area is 125 Å². The minimum atomic E-state index is 0.202. The van der Waals surface area contributed by atoms with Crippen molar-refractivity contribution in [3.8, 4) is 5.75 Å². The largest absolute Gasteiger partial charge is 0.492 e. The summed E-state index contributed by atoms with van der Waals surface area (Å²) in [7, 11) is 0. The lowest BCUT2D eigenvalue weighted by Crippen LogP contribution is -2.22. The summed E-state index contributed by atoms with van der Waals surface area (Å²) in [5.74, 6) is 0.851. The molecule has 0 saturated heterocycles. The molecule has 1 atom stereocenters. The molecule has 1 N–H and O–H groups in total. The van der Waals surface area contributed by atoms with Crippen LogP contribution in [-0.2, 0) is 0 Å². The average Bonchev–Trinajstić information content (AvgIpc) is 3.00. The minimum Gasteiger partial charge on any atom is -0.492 e. The fourth-order valence-electron chi connectivity index (χ4n) is 2.02. The van der Waals surface area contributed by atoms with Crippen molar-refractivity contribution in [3.63, 3.8) is 0 Å². The van der Waals surface area contributed by atoms with Crippen LogP contribution in [0.25, 0.3) is 0 Å². The summed E-state index contributed by atoms with van der Waals surface area (Å²) in [5.41, 5.74) is 1.16. The van der Waals surface area contributed by atoms with Crippen molar-refractivity contribution >= 4 is 11.3 Å². The summed E-state index contributed by atoms with van der Waals surface area (Å²) in [6.07, 6.45) is 5.82. The number of thiophene rings is 1. The highest BCUT2D eigenvalue weighted by Gasteiger charge is 2.15. The van der Waals surface area contributed by atoms with Crippen LogP contribution in [0.3, 0.4) is 0 Å². The maximum absolute atomic E-state index is 5.68. The highest BCUT2D eigenvalue weighted by Crippen LogP contribution is 2.27. The van der Waals surface area contributed by atoms with E-state index in [4.69, 9.17) is 4.74 Å². The molecule has 2 aromatic rings. The maximum Gasteiger partial charge on any atom is 0.137 e. The van der Waals surface area contributed by atoms with Gasteiger partial charge in [-0.1, -0.05) is 19.9 Å². The van der Waals surface area contributed by atoms with Gasteiger partial charge in [0.2, 0.25) is 0 Å². The van der Waals surface area contributed by atoms with Gasteiger partial charge in [0.1, 0.15) is 5.75 Å². The lowest BCUT2D eigenvalue weighted by Gasteiger charge is -2.18. The third-order valence-electron chi connectivity index (χ3n) is 2.97. The van der Waals surface area contributed by atoms with E-state index in [1.807, 2.05) is 6.20 Å². The summed E-state index contributed by atoms with van der Waals surface area (Å²) in [4.78, 5) is 5.63. The summed E-state index contributed by atoms with van der Waals surface area (Å²) in [5, 5.41) is 5.70. The molecular weight excluding hydrogens is 268 g/mol. The molecule has 0 radical (unpaired) electrons. The normalized spacial score (nSPS) is 12.3. The van der Waals surface area contributed by atoms with Gasteiger partial charge in [-0.25, -0.2) is 0 Å². The van der Waals surface area contributed by atoms with E-state index in [9.17, 15) is 0 Å². The summed E-state index contributed by atoms with van der Waals surface area (Å²) in [6.45, 7) is 6.01. The Hall–Kier alpha value is -1.39. The van der Waals surface area contributed by atoms with Gasteiger partial charge in [0.25, 0.3) is 0 Å². The number of rotatable bonds is 8. The van der Waals surface area contributed by atoms with E-state index >= 15 is 0 Å². The molecule has 20 heavy (non-hydrogen) atoms. The van der Waals surface area contributed by atoms with Crippen molar-refractivity contribution in [3.05, 3.63) is 46.4 Å². The molecule has 2 aromatic heterocycles. The van der Waals surface area contributed by atoms with Gasteiger partial charge in [0.05, 0.1) is 18.8 Å². The van der Waals surface area contributed by atoms with Crippen LogP contribution in [-0.4, -0.2) is 18.1 Å². The zero-order valence-corrected chi connectivity index (χ0v) is 13.0. The number of nitrogens with zero attached hydrogens (tertiary/aromatic N) is 1. The lowest BCUT2D eigenvalue weighted by molar-refractivity contribution is 0.315. The van der Waals surface area contributed by atoms with Crippen molar-refractivity contribution in [2.45, 2.75) is 32.7 Å². The van der Waals surface area contributed by atoms with E-state index in [0.717, 1.165) is 37.3 Å². The van der Waals surface area contributed by atoms with Gasteiger partial charge in [-0.3, -0.25) is 4.98 Å². The fraction of sp³-hybridized carbons (Fsp3) is 0.438. The molecule has 0 amide bonds. The second-order valence-electron chi connectivity index (χ2n) is 4.70. The molecule has 0 spiro atoms. The van der Waals surface area contributed by atoms with Gasteiger partial charge < -0.3 is 10.1 Å². The van der Waals surface area contributed by atoms with Crippen LogP contribution in [0.5, 0.6) is 5.75 Å². The quantitative estimate of drug-likeness (QED) is 0.797. The molecule has 0 aliphatic heterocycles. The number of pyridine rings is 1. The first-order chi connectivity index (χ1) is 9.85. The van der Waals surface area contributed by atoms with E-state index in [1.54, 1.807) is 17.5 Å². The zero-order chi connectivity index (χ0) is 14.2. The summed E-state index contributed by atoms with van der Waals surface area (Å²) < 4.78 is 5.68. The smallest absolute Gasteiger partial charge is 0.137 e. The second kappa shape index (κ2) is 8.02. The van der Waals surface area contributed by atoms with Gasteiger partial charge >= 0.3 is 0 Å². The van der Waals surface area contributed by atoms with Crippen molar-refractivity contribution in [2.75, 3.05) is 13.2 Å². The molecule has 2 rings (SSSR count). The van der Waals surface area contributed by atoms with Gasteiger partial charge in [-0.05, 0) is 42.5 Å². The fourth-order valence-corrected chi connectivity index (χ4v) is 2.85. The van der Waals surface area contributed by atoms with E-state index in [2.05, 4.69) is 47.7 Å². The van der Waals surface area contributed by atoms with Crippen LogP contribution < -0.4 is 10.1 Å². The SMILES string of the molecule is CCCNC(c1cncc(OCCC)c1)c1cccs1. The molecule has 0 aliphatic carbocycles. The Morgan fingerprint density at radius 2 is 2.20 bits per heavy atom. The lowest BCUT2D eigenvalue weighted by atomic mass is 10.1. The first-order valence-corrected chi connectivity index (χ1v) is 8.07. The summed E-state index contributed by atoms with van der Waals surface area (Å²) in [6, 6.07) is 6.55. The number of ether oxygens (including phenoxy) is 1. The van der Waals surface area contributed by atoms with Crippen molar-refractivity contribution < 1.29 is 4.74 Å². The maximum atomic E-state index is 5.68. The monoisotopic (exact) mass is 290 g/mol. The summed E-state index contributed by atoms with van der Waals surface area (Å²) >= 11 is 1.77. The van der Waals surface area contributed by atoms with Crippen LogP contribution in [0.2, 0.25) is 0 Å². The first kappa shape index (κ1) is 15.0. The van der Waals surface area contributed by atoms with Crippen LogP contribution >= 0.6 is 11.3 Å². The van der Waals surface area contributed by atoms with Crippen LogP contribution in [0.4, 0.5) is 0 Å². The number of hydrogen-bond donors (Lipinski definition) is 1. The van der Waals surface area contributed by atoms with Crippen molar-refractivity contribution in [1.82, 2.24) is 10.3 Å². The van der Waals surface area contributed by atoms with E-state index < -0.39 is 0 Å². The highest BCUT2D eigenvalue weighted by molar-refractivity contribution is 7.10. The Morgan fingerprint density at radius 1 is 1.30 bits per heavy atom. The molecular formula is C16H22N2OS. The van der Waals surface area contributed by atoms with E-state index in [-0.39, 0.29) is 6.04 Å². The van der Waals surface area contributed by atoms with Crippen LogP contribution in [0.15, 0.2) is 36.0 Å². The first-order valence-electron chi connectivity index (χ1n) is 7.19. The van der Waals surface area contributed by atoms with Crippen LogP contribution in [0.1, 0.15) is 43.2 Å². The standard InChI is InChI=1S/C16H22N2OS/c1-3-7-18-16(15-6-5-9-20-15)13-10-14(12-17-11-13)19-8-4-2/h5-6,9-12,16,18H,3-4,7-8H2,1-2H3. The predicted octanol–water partition coefficient (Wildman–Crippen LogP) is 4.02. The van der Waals surface area contributed by atoms with E-state index in [0.29, 0.717) is 0 Å². The predicted molar refractivity (Wildman–Crippen MR) is 84.5 cm³/mol. The Kier molecular flexibility index (Phi) is 6.02. The molecule has 2 heterocycles. The molecule has 1 unspecified atom stereocenters. The Bertz CT molecular complexity index is 499. The van der Waals surface area contributed by atoms with Crippen LogP contribution in [0, 0.1) is 0 Å². The number of hydrogen-bond acceptors (Lipinski definition) is 4. The van der Waals surface area contributed by atoms with Gasteiger partial charge in [0.15, 0.2) is 0 Å². The van der Waals surface area contributed by atoms with Crippen molar-refractivity contribution in [1.29, 1.82) is 0 Å². The Balaban J connectivity index is 2.19. The Morgan fingerprint density at radius 3 is 2.90 bits per heavy atom. The molecule has 4 heteroatoms. The molecule has 3 nitrogen and oxygen atoms in total. The molecule has 0 aromatic carbocycles. The van der Waals surface area contributed by atoms with E-state index in [1.165, 1.54) is 4.88 Å². The van der Waals surface area contributed by atoms with Gasteiger partial charge in [-0.2, -0.15) is 0 Å². The highest BCUT2D eigenvalue weighted by atomic mass is 32.1. The second-order valence-corrected chi connectivity index (χ2v) is 5.68. The van der Waals surface area contributed by atoms with Gasteiger partial charge in [0, 0.05) is 11.1 Å². The molecule has 108 valence electrons. The van der Waals surface area contributed by atoms with Crippen molar-refractivity contribution in [2.24, 2.45) is 0 Å². The zero-order valence-electron chi connectivity index (χ0n) is 12.1. The molecule has 0 bridgehead atoms. The molecule has 0 saturated carbocycles. The molecule has 0 fully saturated rings. The number of nitrogens with one attached hydrogen (secondary N) is 1. The third kappa shape index (κ3) is 4.05.